The van der Waals surface area contributed by atoms with E-state index in [1.807, 2.05) is 0 Å². The number of benzene rings is 2. The highest BCUT2D eigenvalue weighted by Crippen LogP contribution is 2.26. The SMILES string of the molecule is COc1ccc(C(=O)O)cc1COc1cc(Br)ccc1F. The van der Waals surface area contributed by atoms with E-state index in [4.69, 9.17) is 14.6 Å². The van der Waals surface area contributed by atoms with Gasteiger partial charge in [0.25, 0.3) is 0 Å². The first kappa shape index (κ1) is 15.3. The molecule has 0 amide bonds. The van der Waals surface area contributed by atoms with Crippen molar-refractivity contribution in [1.29, 1.82) is 0 Å². The van der Waals surface area contributed by atoms with Crippen molar-refractivity contribution >= 4 is 21.9 Å². The minimum absolute atomic E-state index is 0.00231. The Morgan fingerprint density at radius 1 is 1.24 bits per heavy atom. The number of hydrogen-bond acceptors (Lipinski definition) is 3. The Labute approximate surface area is 129 Å². The number of aromatic carboxylic acids is 1. The van der Waals surface area contributed by atoms with Crippen LogP contribution in [0.3, 0.4) is 0 Å². The molecule has 0 spiro atoms. The van der Waals surface area contributed by atoms with Crippen molar-refractivity contribution in [2.75, 3.05) is 7.11 Å². The Hall–Kier alpha value is -2.08. The summed E-state index contributed by atoms with van der Waals surface area (Å²) < 4.78 is 24.8. The zero-order chi connectivity index (χ0) is 15.4. The van der Waals surface area contributed by atoms with Gasteiger partial charge < -0.3 is 14.6 Å². The molecule has 0 unspecified atom stereocenters. The molecular weight excluding hydrogens is 343 g/mol. The molecular formula is C15H12BrFO4. The van der Waals surface area contributed by atoms with Crippen LogP contribution in [-0.2, 0) is 6.61 Å². The highest BCUT2D eigenvalue weighted by molar-refractivity contribution is 9.10. The first-order chi connectivity index (χ1) is 10.0. The highest BCUT2D eigenvalue weighted by atomic mass is 79.9. The normalized spacial score (nSPS) is 10.2. The number of carbonyl (C=O) groups is 1. The summed E-state index contributed by atoms with van der Waals surface area (Å²) in [5.74, 6) is -0.985. The van der Waals surface area contributed by atoms with Crippen LogP contribution in [0.4, 0.5) is 4.39 Å². The second-order valence-electron chi connectivity index (χ2n) is 4.20. The fourth-order valence-electron chi connectivity index (χ4n) is 1.77. The number of ether oxygens (including phenoxy) is 2. The van der Waals surface area contributed by atoms with E-state index in [-0.39, 0.29) is 17.9 Å². The first-order valence-corrected chi connectivity index (χ1v) is 6.78. The zero-order valence-corrected chi connectivity index (χ0v) is 12.7. The molecule has 0 saturated carbocycles. The van der Waals surface area contributed by atoms with Crippen molar-refractivity contribution in [1.82, 2.24) is 0 Å². The number of carboxylic acids is 1. The van der Waals surface area contributed by atoms with Gasteiger partial charge in [0.15, 0.2) is 11.6 Å². The highest BCUT2D eigenvalue weighted by Gasteiger charge is 2.11. The van der Waals surface area contributed by atoms with E-state index in [0.717, 1.165) is 0 Å². The molecule has 1 N–H and O–H groups in total. The summed E-state index contributed by atoms with van der Waals surface area (Å²) in [4.78, 5) is 11.0. The lowest BCUT2D eigenvalue weighted by molar-refractivity contribution is 0.0696. The van der Waals surface area contributed by atoms with Crippen molar-refractivity contribution in [2.24, 2.45) is 0 Å². The molecule has 2 rings (SSSR count). The smallest absolute Gasteiger partial charge is 0.335 e. The molecule has 0 aliphatic carbocycles. The third kappa shape index (κ3) is 3.72. The Bertz CT molecular complexity index is 673. The summed E-state index contributed by atoms with van der Waals surface area (Å²) >= 11 is 3.23. The predicted octanol–water partition coefficient (Wildman–Crippen LogP) is 3.87. The lowest BCUT2D eigenvalue weighted by Gasteiger charge is -2.12. The van der Waals surface area contributed by atoms with Crippen LogP contribution >= 0.6 is 15.9 Å². The lowest BCUT2D eigenvalue weighted by atomic mass is 10.1. The summed E-state index contributed by atoms with van der Waals surface area (Å²) in [6.07, 6.45) is 0. The Morgan fingerprint density at radius 3 is 2.67 bits per heavy atom. The number of hydrogen-bond donors (Lipinski definition) is 1. The summed E-state index contributed by atoms with van der Waals surface area (Å²) in [5, 5.41) is 8.99. The standard InChI is InChI=1S/C15H12BrFO4/c1-20-13-5-2-9(15(18)19)6-10(13)8-21-14-7-11(16)3-4-12(14)17/h2-7H,8H2,1H3,(H,18,19). The summed E-state index contributed by atoms with van der Waals surface area (Å²) in [5.41, 5.74) is 0.640. The largest absolute Gasteiger partial charge is 0.496 e. The lowest BCUT2D eigenvalue weighted by Crippen LogP contribution is -2.03. The first-order valence-electron chi connectivity index (χ1n) is 5.99. The second kappa shape index (κ2) is 6.58. The van der Waals surface area contributed by atoms with Crippen LogP contribution in [0.1, 0.15) is 15.9 Å². The molecule has 4 nitrogen and oxygen atoms in total. The molecule has 21 heavy (non-hydrogen) atoms. The van der Waals surface area contributed by atoms with Crippen LogP contribution < -0.4 is 9.47 Å². The van der Waals surface area contributed by atoms with Gasteiger partial charge in [-0.15, -0.1) is 0 Å². The third-order valence-electron chi connectivity index (χ3n) is 2.80. The van der Waals surface area contributed by atoms with Crippen molar-refractivity contribution in [3.63, 3.8) is 0 Å². The van der Waals surface area contributed by atoms with Gasteiger partial charge in [0.2, 0.25) is 0 Å². The Kier molecular flexibility index (Phi) is 4.80. The minimum Gasteiger partial charge on any atom is -0.496 e. The molecule has 2 aromatic carbocycles. The molecule has 2 aromatic rings. The van der Waals surface area contributed by atoms with Crippen molar-refractivity contribution in [2.45, 2.75) is 6.61 Å². The minimum atomic E-state index is -1.05. The topological polar surface area (TPSA) is 55.8 Å². The summed E-state index contributed by atoms with van der Waals surface area (Å²) in [6.45, 7) is -0.00231. The van der Waals surface area contributed by atoms with E-state index in [9.17, 15) is 9.18 Å². The van der Waals surface area contributed by atoms with Gasteiger partial charge >= 0.3 is 5.97 Å². The Balaban J connectivity index is 2.24. The number of methoxy groups -OCH3 is 1. The van der Waals surface area contributed by atoms with E-state index in [1.54, 1.807) is 12.1 Å². The maximum absolute atomic E-state index is 13.6. The van der Waals surface area contributed by atoms with Crippen LogP contribution in [-0.4, -0.2) is 18.2 Å². The van der Waals surface area contributed by atoms with Crippen LogP contribution in [0.5, 0.6) is 11.5 Å². The maximum atomic E-state index is 13.6. The van der Waals surface area contributed by atoms with Gasteiger partial charge in [-0.1, -0.05) is 15.9 Å². The number of carboxylic acid groups (broad SMARTS) is 1. The van der Waals surface area contributed by atoms with Crippen LogP contribution in [0.2, 0.25) is 0 Å². The van der Waals surface area contributed by atoms with Crippen molar-refractivity contribution in [3.05, 3.63) is 57.8 Å². The number of rotatable bonds is 5. The molecule has 0 aliphatic heterocycles. The Morgan fingerprint density at radius 2 is 2.00 bits per heavy atom. The molecule has 0 aromatic heterocycles. The summed E-state index contributed by atoms with van der Waals surface area (Å²) in [6, 6.07) is 8.77. The third-order valence-corrected chi connectivity index (χ3v) is 3.30. The molecule has 0 radical (unpaired) electrons. The average Bonchev–Trinajstić information content (AvgIpc) is 2.47. The van der Waals surface area contributed by atoms with E-state index in [0.29, 0.717) is 15.8 Å². The molecule has 0 fully saturated rings. The quantitative estimate of drug-likeness (QED) is 0.885. The molecule has 0 heterocycles. The zero-order valence-electron chi connectivity index (χ0n) is 11.1. The molecule has 0 bridgehead atoms. The molecule has 6 heteroatoms. The van der Waals surface area contributed by atoms with Gasteiger partial charge in [-0.05, 0) is 36.4 Å². The fourth-order valence-corrected chi connectivity index (χ4v) is 2.11. The van der Waals surface area contributed by atoms with Crippen molar-refractivity contribution in [3.8, 4) is 11.5 Å². The van der Waals surface area contributed by atoms with Crippen LogP contribution in [0, 0.1) is 5.82 Å². The maximum Gasteiger partial charge on any atom is 0.335 e. The monoisotopic (exact) mass is 354 g/mol. The van der Waals surface area contributed by atoms with Gasteiger partial charge in [0.1, 0.15) is 12.4 Å². The van der Waals surface area contributed by atoms with Crippen LogP contribution in [0.15, 0.2) is 40.9 Å². The van der Waals surface area contributed by atoms with E-state index in [1.165, 1.54) is 31.4 Å². The van der Waals surface area contributed by atoms with Crippen molar-refractivity contribution < 1.29 is 23.8 Å². The summed E-state index contributed by atoms with van der Waals surface area (Å²) in [7, 11) is 1.47. The van der Waals surface area contributed by atoms with Gasteiger partial charge in [-0.2, -0.15) is 0 Å². The second-order valence-corrected chi connectivity index (χ2v) is 5.11. The average molecular weight is 355 g/mol. The number of halogens is 2. The van der Waals surface area contributed by atoms with Gasteiger partial charge in [0, 0.05) is 10.0 Å². The van der Waals surface area contributed by atoms with Gasteiger partial charge in [-0.3, -0.25) is 0 Å². The van der Waals surface area contributed by atoms with E-state index in [2.05, 4.69) is 15.9 Å². The van der Waals surface area contributed by atoms with Gasteiger partial charge in [-0.25, -0.2) is 9.18 Å². The predicted molar refractivity (Wildman–Crippen MR) is 78.4 cm³/mol. The van der Waals surface area contributed by atoms with Gasteiger partial charge in [0.05, 0.1) is 12.7 Å². The van der Waals surface area contributed by atoms with Crippen LogP contribution in [0.25, 0.3) is 0 Å². The fraction of sp³-hybridized carbons (Fsp3) is 0.133. The molecule has 110 valence electrons. The molecule has 0 atom stereocenters. The van der Waals surface area contributed by atoms with E-state index >= 15 is 0 Å². The molecule has 0 aliphatic rings. The van der Waals surface area contributed by atoms with E-state index < -0.39 is 11.8 Å². The molecule has 0 saturated heterocycles.